The first-order chi connectivity index (χ1) is 13.0. The summed E-state index contributed by atoms with van der Waals surface area (Å²) in [6.45, 7) is 0.199. The molecule has 3 amide bonds. The first-order valence-electron chi connectivity index (χ1n) is 8.37. The van der Waals surface area contributed by atoms with E-state index in [1.54, 1.807) is 24.0 Å². The van der Waals surface area contributed by atoms with E-state index in [9.17, 15) is 14.4 Å². The van der Waals surface area contributed by atoms with Crippen molar-refractivity contribution < 1.29 is 14.4 Å². The maximum Gasteiger partial charge on any atom is 0.261 e. The first kappa shape index (κ1) is 16.7. The molecule has 1 N–H and O–H groups in total. The molecular weight excluding hydrogens is 344 g/mol. The number of nitrogens with zero attached hydrogens (tertiary/aromatic N) is 3. The van der Waals surface area contributed by atoms with Crippen LogP contribution in [0.3, 0.4) is 0 Å². The zero-order valence-corrected chi connectivity index (χ0v) is 14.5. The molecule has 7 heteroatoms. The molecule has 27 heavy (non-hydrogen) atoms. The third-order valence-electron chi connectivity index (χ3n) is 4.38. The third kappa shape index (κ3) is 3.10. The highest BCUT2D eigenvalue weighted by atomic mass is 16.2. The fourth-order valence-electron chi connectivity index (χ4n) is 3.03. The number of hydrogen-bond donors (Lipinski definition) is 1. The van der Waals surface area contributed by atoms with Gasteiger partial charge in [-0.15, -0.1) is 0 Å². The highest BCUT2D eigenvalue weighted by molar-refractivity contribution is 6.22. The Kier molecular flexibility index (Phi) is 4.04. The number of benzene rings is 2. The fraction of sp³-hybridized carbons (Fsp3) is 0.100. The van der Waals surface area contributed by atoms with Gasteiger partial charge in [0.05, 0.1) is 29.6 Å². The van der Waals surface area contributed by atoms with Crippen molar-refractivity contribution in [2.45, 2.75) is 6.54 Å². The summed E-state index contributed by atoms with van der Waals surface area (Å²) in [6.07, 6.45) is 3.20. The van der Waals surface area contributed by atoms with Gasteiger partial charge < -0.3 is 5.32 Å². The Morgan fingerprint density at radius 3 is 2.48 bits per heavy atom. The number of carbonyl (C=O) groups is 3. The van der Waals surface area contributed by atoms with Crippen LogP contribution in [-0.4, -0.2) is 32.4 Å². The van der Waals surface area contributed by atoms with Crippen LogP contribution in [0.2, 0.25) is 0 Å². The lowest BCUT2D eigenvalue weighted by Crippen LogP contribution is -2.29. The summed E-state index contributed by atoms with van der Waals surface area (Å²) in [5.74, 6) is -1.11. The van der Waals surface area contributed by atoms with E-state index in [1.165, 1.54) is 23.2 Å². The molecule has 0 fully saturated rings. The molecule has 0 atom stereocenters. The van der Waals surface area contributed by atoms with Crippen molar-refractivity contribution in [3.8, 4) is 0 Å². The predicted octanol–water partition coefficient (Wildman–Crippen LogP) is 2.47. The Hall–Kier alpha value is -3.74. The quantitative estimate of drug-likeness (QED) is 0.725. The van der Waals surface area contributed by atoms with E-state index in [0.29, 0.717) is 16.8 Å². The van der Waals surface area contributed by atoms with Crippen molar-refractivity contribution in [3.05, 3.63) is 83.2 Å². The standard InChI is InChI=1S/C20H16N4O3/c1-23-12-15(10-21-23)22-18(25)14-7-8-16-17(9-14)20(27)24(19(16)26)11-13-5-3-2-4-6-13/h2-10,12H,11H2,1H3,(H,22,25). The number of aromatic nitrogens is 2. The average Bonchev–Trinajstić information content (AvgIpc) is 3.19. The van der Waals surface area contributed by atoms with Crippen molar-refractivity contribution in [3.63, 3.8) is 0 Å². The Morgan fingerprint density at radius 2 is 1.78 bits per heavy atom. The minimum atomic E-state index is -0.394. The van der Waals surface area contributed by atoms with E-state index >= 15 is 0 Å². The number of carbonyl (C=O) groups excluding carboxylic acids is 3. The van der Waals surface area contributed by atoms with Gasteiger partial charge in [0.2, 0.25) is 0 Å². The molecule has 1 aromatic heterocycles. The molecule has 0 bridgehead atoms. The summed E-state index contributed by atoms with van der Waals surface area (Å²) in [7, 11) is 1.75. The number of anilines is 1. The Morgan fingerprint density at radius 1 is 1.04 bits per heavy atom. The van der Waals surface area contributed by atoms with E-state index in [0.717, 1.165) is 5.56 Å². The van der Waals surface area contributed by atoms with Crippen molar-refractivity contribution in [1.82, 2.24) is 14.7 Å². The Balaban J connectivity index is 1.57. The summed E-state index contributed by atoms with van der Waals surface area (Å²) in [6, 6.07) is 13.8. The largest absolute Gasteiger partial charge is 0.319 e. The van der Waals surface area contributed by atoms with E-state index in [4.69, 9.17) is 0 Å². The van der Waals surface area contributed by atoms with Gasteiger partial charge in [0.25, 0.3) is 17.7 Å². The molecule has 2 aromatic carbocycles. The second-order valence-electron chi connectivity index (χ2n) is 6.30. The summed E-state index contributed by atoms with van der Waals surface area (Å²) in [5.41, 5.74) is 2.28. The zero-order valence-electron chi connectivity index (χ0n) is 14.5. The maximum absolute atomic E-state index is 12.7. The molecular formula is C20H16N4O3. The molecule has 1 aliphatic rings. The number of imide groups is 1. The monoisotopic (exact) mass is 360 g/mol. The molecule has 1 aliphatic heterocycles. The lowest BCUT2D eigenvalue weighted by molar-refractivity contribution is 0.0642. The van der Waals surface area contributed by atoms with E-state index in [1.807, 2.05) is 30.3 Å². The number of aryl methyl sites for hydroxylation is 1. The maximum atomic E-state index is 12.7. The predicted molar refractivity (Wildman–Crippen MR) is 98.2 cm³/mol. The Labute approximate surface area is 155 Å². The van der Waals surface area contributed by atoms with Gasteiger partial charge in [-0.05, 0) is 23.8 Å². The number of fused-ring (bicyclic) bond motifs is 1. The van der Waals surface area contributed by atoms with Gasteiger partial charge in [0.1, 0.15) is 0 Å². The first-order valence-corrected chi connectivity index (χ1v) is 8.37. The molecule has 134 valence electrons. The summed E-state index contributed by atoms with van der Waals surface area (Å²) >= 11 is 0. The number of hydrogen-bond acceptors (Lipinski definition) is 4. The van der Waals surface area contributed by atoms with Crippen LogP contribution in [0.5, 0.6) is 0 Å². The average molecular weight is 360 g/mol. The van der Waals surface area contributed by atoms with Crippen molar-refractivity contribution in [2.24, 2.45) is 7.05 Å². The molecule has 4 rings (SSSR count). The SMILES string of the molecule is Cn1cc(NC(=O)c2ccc3c(c2)C(=O)N(Cc2ccccc2)C3=O)cn1. The molecule has 7 nitrogen and oxygen atoms in total. The lowest BCUT2D eigenvalue weighted by atomic mass is 10.1. The highest BCUT2D eigenvalue weighted by Gasteiger charge is 2.36. The van der Waals surface area contributed by atoms with Crippen LogP contribution in [0.25, 0.3) is 0 Å². The molecule has 3 aromatic rings. The number of rotatable bonds is 4. The van der Waals surface area contributed by atoms with Crippen LogP contribution in [0, 0.1) is 0 Å². The normalized spacial score (nSPS) is 13.0. The van der Waals surface area contributed by atoms with Crippen LogP contribution in [0.1, 0.15) is 36.6 Å². The second kappa shape index (κ2) is 6.53. The minimum absolute atomic E-state index is 0.199. The fourth-order valence-corrected chi connectivity index (χ4v) is 3.03. The van der Waals surface area contributed by atoms with Gasteiger partial charge in [-0.3, -0.25) is 24.0 Å². The lowest BCUT2D eigenvalue weighted by Gasteiger charge is -2.13. The van der Waals surface area contributed by atoms with E-state index in [2.05, 4.69) is 10.4 Å². The van der Waals surface area contributed by atoms with Gasteiger partial charge in [-0.25, -0.2) is 0 Å². The van der Waals surface area contributed by atoms with E-state index < -0.39 is 5.91 Å². The minimum Gasteiger partial charge on any atom is -0.319 e. The molecule has 0 saturated carbocycles. The summed E-state index contributed by atoms with van der Waals surface area (Å²) < 4.78 is 1.57. The van der Waals surface area contributed by atoms with Crippen molar-refractivity contribution >= 4 is 23.4 Å². The Bertz CT molecular complexity index is 1060. The van der Waals surface area contributed by atoms with Gasteiger partial charge in [-0.2, -0.15) is 5.10 Å². The molecule has 0 spiro atoms. The van der Waals surface area contributed by atoms with Crippen molar-refractivity contribution in [2.75, 3.05) is 5.32 Å². The highest BCUT2D eigenvalue weighted by Crippen LogP contribution is 2.26. The smallest absolute Gasteiger partial charge is 0.261 e. The molecule has 2 heterocycles. The summed E-state index contributed by atoms with van der Waals surface area (Å²) in [4.78, 5) is 38.9. The topological polar surface area (TPSA) is 84.3 Å². The van der Waals surface area contributed by atoms with Gasteiger partial charge in [0, 0.05) is 18.8 Å². The van der Waals surface area contributed by atoms with E-state index in [-0.39, 0.29) is 23.9 Å². The third-order valence-corrected chi connectivity index (χ3v) is 4.38. The van der Waals surface area contributed by atoms with Gasteiger partial charge in [-0.1, -0.05) is 30.3 Å². The van der Waals surface area contributed by atoms with Crippen LogP contribution in [-0.2, 0) is 13.6 Å². The van der Waals surface area contributed by atoms with Crippen LogP contribution in [0.4, 0.5) is 5.69 Å². The van der Waals surface area contributed by atoms with Crippen LogP contribution in [0.15, 0.2) is 60.9 Å². The van der Waals surface area contributed by atoms with Gasteiger partial charge >= 0.3 is 0 Å². The molecule has 0 radical (unpaired) electrons. The number of nitrogens with one attached hydrogen (secondary N) is 1. The van der Waals surface area contributed by atoms with Crippen molar-refractivity contribution in [1.29, 1.82) is 0 Å². The van der Waals surface area contributed by atoms with Crippen LogP contribution < -0.4 is 5.32 Å². The molecule has 0 unspecified atom stereocenters. The second-order valence-corrected chi connectivity index (χ2v) is 6.30. The zero-order chi connectivity index (χ0) is 19.0. The van der Waals surface area contributed by atoms with Gasteiger partial charge in [0.15, 0.2) is 0 Å². The molecule has 0 saturated heterocycles. The molecule has 0 aliphatic carbocycles. The summed E-state index contributed by atoms with van der Waals surface area (Å²) in [5, 5.41) is 6.70. The van der Waals surface area contributed by atoms with Crippen LogP contribution >= 0.6 is 0 Å². The number of amides is 3.